The van der Waals surface area contributed by atoms with Crippen molar-refractivity contribution >= 4 is 11.8 Å². The smallest absolute Gasteiger partial charge is 0.261 e. The first-order chi connectivity index (χ1) is 3.80. The number of rotatable bonds is 0. The molecule has 0 bridgehead atoms. The summed E-state index contributed by atoms with van der Waals surface area (Å²) >= 11 is 0. The van der Waals surface area contributed by atoms with Crippen LogP contribution in [-0.2, 0) is 9.59 Å². The van der Waals surface area contributed by atoms with Gasteiger partial charge in [-0.3, -0.25) is 9.59 Å². The molecule has 1 saturated heterocycles. The third-order valence-electron chi connectivity index (χ3n) is 0.794. The molecule has 1 aliphatic heterocycles. The second-order valence-electron chi connectivity index (χ2n) is 1.37. The first-order valence-corrected chi connectivity index (χ1v) is 2.24. The minimum Gasteiger partial charge on any atom is -0.261 e. The maximum absolute atomic E-state index is 10.2. The molecular weight excluding hydrogens is 108 g/mol. The molecule has 0 saturated carbocycles. The Morgan fingerprint density at radius 1 is 1.00 bits per heavy atom. The van der Waals surface area contributed by atoms with E-state index in [0.29, 0.717) is 13.1 Å². The molecule has 1 rings (SSSR count). The average molecular weight is 112 g/mol. The molecule has 8 heavy (non-hydrogen) atoms. The van der Waals surface area contributed by atoms with Gasteiger partial charge >= 0.3 is 11.8 Å². The highest BCUT2D eigenvalue weighted by Gasteiger charge is 2.19. The monoisotopic (exact) mass is 112 g/mol. The number of amides is 2. The standard InChI is InChI=1S/C4H4N2O2/c7-3-4(8)6-2-1-5-3/h1-2H2. The molecule has 2 radical (unpaired) electrons. The summed E-state index contributed by atoms with van der Waals surface area (Å²) in [7, 11) is 0. The van der Waals surface area contributed by atoms with Crippen LogP contribution in [0.2, 0.25) is 0 Å². The lowest BCUT2D eigenvalue weighted by Crippen LogP contribution is -2.41. The van der Waals surface area contributed by atoms with Crippen molar-refractivity contribution in [2.75, 3.05) is 13.1 Å². The number of piperazine rings is 1. The lowest BCUT2D eigenvalue weighted by Gasteiger charge is -2.05. The molecular formula is C4H4N2O2. The van der Waals surface area contributed by atoms with Crippen molar-refractivity contribution in [3.8, 4) is 0 Å². The molecule has 4 nitrogen and oxygen atoms in total. The molecule has 0 aromatic rings. The molecule has 0 spiro atoms. The number of hydrogen-bond acceptors (Lipinski definition) is 2. The van der Waals surface area contributed by atoms with Crippen LogP contribution in [0.15, 0.2) is 0 Å². The third-order valence-corrected chi connectivity index (χ3v) is 0.794. The van der Waals surface area contributed by atoms with Gasteiger partial charge in [-0.15, -0.1) is 0 Å². The first kappa shape index (κ1) is 5.08. The van der Waals surface area contributed by atoms with Crippen LogP contribution in [0.3, 0.4) is 0 Å². The van der Waals surface area contributed by atoms with E-state index >= 15 is 0 Å². The molecule has 0 atom stereocenters. The Morgan fingerprint density at radius 2 is 1.38 bits per heavy atom. The van der Waals surface area contributed by atoms with Crippen LogP contribution < -0.4 is 10.6 Å². The normalized spacial score (nSPS) is 19.5. The van der Waals surface area contributed by atoms with E-state index in [-0.39, 0.29) is 0 Å². The zero-order chi connectivity index (χ0) is 5.98. The molecule has 4 heteroatoms. The molecule has 1 heterocycles. The van der Waals surface area contributed by atoms with Crippen LogP contribution in [0.5, 0.6) is 0 Å². The van der Waals surface area contributed by atoms with E-state index in [2.05, 4.69) is 10.6 Å². The van der Waals surface area contributed by atoms with Crippen LogP contribution in [0, 0.1) is 0 Å². The van der Waals surface area contributed by atoms with Gasteiger partial charge in [0.15, 0.2) is 0 Å². The summed E-state index contributed by atoms with van der Waals surface area (Å²) in [5, 5.41) is 6.66. The van der Waals surface area contributed by atoms with E-state index in [1.54, 1.807) is 0 Å². The summed E-state index contributed by atoms with van der Waals surface area (Å²) in [4.78, 5) is 20.4. The molecule has 1 fully saturated rings. The SMILES string of the molecule is O=C1[N]CC[N]C1=O. The largest absolute Gasteiger partial charge is 0.332 e. The number of nitrogens with zero attached hydrogens (tertiary/aromatic N) is 2. The summed E-state index contributed by atoms with van der Waals surface area (Å²) in [6.45, 7) is 0.731. The van der Waals surface area contributed by atoms with Gasteiger partial charge in [-0.2, -0.15) is 0 Å². The summed E-state index contributed by atoms with van der Waals surface area (Å²) in [5.41, 5.74) is 0. The van der Waals surface area contributed by atoms with E-state index in [1.807, 2.05) is 0 Å². The number of hydrogen-bond donors (Lipinski definition) is 0. The van der Waals surface area contributed by atoms with Crippen molar-refractivity contribution in [2.24, 2.45) is 0 Å². The van der Waals surface area contributed by atoms with E-state index < -0.39 is 11.8 Å². The fourth-order valence-corrected chi connectivity index (χ4v) is 0.438. The first-order valence-electron chi connectivity index (χ1n) is 2.24. The lowest BCUT2D eigenvalue weighted by atomic mass is 10.4. The van der Waals surface area contributed by atoms with Gasteiger partial charge in [-0.1, -0.05) is 0 Å². The van der Waals surface area contributed by atoms with Gasteiger partial charge in [0.1, 0.15) is 0 Å². The third kappa shape index (κ3) is 0.776. The van der Waals surface area contributed by atoms with Crippen LogP contribution in [0.1, 0.15) is 0 Å². The predicted molar refractivity (Wildman–Crippen MR) is 24.0 cm³/mol. The van der Waals surface area contributed by atoms with Gasteiger partial charge in [-0.05, 0) is 0 Å². The summed E-state index contributed by atoms with van der Waals surface area (Å²) in [6.07, 6.45) is 0. The average Bonchev–Trinajstić information content (AvgIpc) is 1.77. The molecule has 0 aromatic heterocycles. The Morgan fingerprint density at radius 3 is 1.62 bits per heavy atom. The van der Waals surface area contributed by atoms with Gasteiger partial charge in [0.05, 0.1) is 13.1 Å². The van der Waals surface area contributed by atoms with Crippen LogP contribution >= 0.6 is 0 Å². The lowest BCUT2D eigenvalue weighted by molar-refractivity contribution is -0.140. The van der Waals surface area contributed by atoms with Crippen LogP contribution in [-0.4, -0.2) is 24.9 Å². The maximum atomic E-state index is 10.2. The zero-order valence-corrected chi connectivity index (χ0v) is 4.13. The van der Waals surface area contributed by atoms with Crippen LogP contribution in [0.4, 0.5) is 0 Å². The predicted octanol–water partition coefficient (Wildman–Crippen LogP) is -1.74. The second kappa shape index (κ2) is 1.81. The Balaban J connectivity index is 2.52. The van der Waals surface area contributed by atoms with Crippen LogP contribution in [0.25, 0.3) is 0 Å². The fraction of sp³-hybridized carbons (Fsp3) is 0.500. The highest BCUT2D eigenvalue weighted by atomic mass is 16.2. The van der Waals surface area contributed by atoms with E-state index in [1.165, 1.54) is 0 Å². The summed E-state index contributed by atoms with van der Waals surface area (Å²) in [6, 6.07) is 0. The van der Waals surface area contributed by atoms with Crippen molar-refractivity contribution in [1.82, 2.24) is 10.6 Å². The molecule has 42 valence electrons. The van der Waals surface area contributed by atoms with Gasteiger partial charge < -0.3 is 0 Å². The zero-order valence-electron chi connectivity index (χ0n) is 4.13. The molecule has 0 aromatic carbocycles. The highest BCUT2D eigenvalue weighted by Crippen LogP contribution is 1.79. The van der Waals surface area contributed by atoms with Gasteiger partial charge in [0.25, 0.3) is 0 Å². The van der Waals surface area contributed by atoms with Crippen molar-refractivity contribution < 1.29 is 9.59 Å². The van der Waals surface area contributed by atoms with Crippen molar-refractivity contribution in [3.05, 3.63) is 0 Å². The van der Waals surface area contributed by atoms with Crippen molar-refractivity contribution in [1.29, 1.82) is 0 Å². The van der Waals surface area contributed by atoms with E-state index in [9.17, 15) is 9.59 Å². The number of carbonyl (C=O) groups is 2. The highest BCUT2D eigenvalue weighted by molar-refractivity contribution is 6.35. The van der Waals surface area contributed by atoms with Crippen molar-refractivity contribution in [3.63, 3.8) is 0 Å². The molecule has 0 unspecified atom stereocenters. The Hall–Kier alpha value is -1.06. The topological polar surface area (TPSA) is 62.3 Å². The molecule has 1 aliphatic rings. The minimum atomic E-state index is -0.712. The Kier molecular flexibility index (Phi) is 1.15. The fourth-order valence-electron chi connectivity index (χ4n) is 0.438. The number of carbonyl (C=O) groups excluding carboxylic acids is 2. The van der Waals surface area contributed by atoms with Crippen molar-refractivity contribution in [2.45, 2.75) is 0 Å². The maximum Gasteiger partial charge on any atom is 0.332 e. The minimum absolute atomic E-state index is 0.366. The molecule has 0 aliphatic carbocycles. The summed E-state index contributed by atoms with van der Waals surface area (Å²) < 4.78 is 0. The Bertz CT molecular complexity index is 116. The van der Waals surface area contributed by atoms with E-state index in [4.69, 9.17) is 0 Å². The summed E-state index contributed by atoms with van der Waals surface area (Å²) in [5.74, 6) is -1.42. The van der Waals surface area contributed by atoms with Gasteiger partial charge in [0, 0.05) is 0 Å². The molecule has 2 amide bonds. The van der Waals surface area contributed by atoms with E-state index in [0.717, 1.165) is 0 Å². The van der Waals surface area contributed by atoms with Gasteiger partial charge in [-0.25, -0.2) is 10.6 Å². The quantitative estimate of drug-likeness (QED) is 0.349. The molecule has 0 N–H and O–H groups in total. The van der Waals surface area contributed by atoms with Gasteiger partial charge in [0.2, 0.25) is 0 Å². The Labute approximate surface area is 46.3 Å². The second-order valence-corrected chi connectivity index (χ2v) is 1.37.